The summed E-state index contributed by atoms with van der Waals surface area (Å²) in [6, 6.07) is 7.65. The van der Waals surface area contributed by atoms with Crippen molar-refractivity contribution in [2.24, 2.45) is 7.05 Å². The van der Waals surface area contributed by atoms with E-state index >= 15 is 0 Å². The average molecular weight is 767 g/mol. The molecular weight excluding hydrogens is 720 g/mol. The van der Waals surface area contributed by atoms with Gasteiger partial charge in [0.25, 0.3) is 17.4 Å². The lowest BCUT2D eigenvalue weighted by atomic mass is 9.99. The van der Waals surface area contributed by atoms with Gasteiger partial charge in [-0.1, -0.05) is 25.3 Å². The van der Waals surface area contributed by atoms with Gasteiger partial charge in [-0.25, -0.2) is 0 Å². The van der Waals surface area contributed by atoms with Gasteiger partial charge >= 0.3 is 0 Å². The molecule has 0 aliphatic carbocycles. The molecule has 0 radical (unpaired) electrons. The minimum atomic E-state index is -1.02. The molecule has 1 saturated heterocycles. The van der Waals surface area contributed by atoms with Crippen LogP contribution in [-0.4, -0.2) is 81.7 Å². The molecule has 1 unspecified atom stereocenters. The number of hydrogen-bond donors (Lipinski definition) is 3. The lowest BCUT2D eigenvalue weighted by Crippen LogP contribution is -2.54. The predicted molar refractivity (Wildman–Crippen MR) is 205 cm³/mol. The third-order valence-corrected chi connectivity index (χ3v) is 10.4. The average Bonchev–Trinajstić information content (AvgIpc) is 3.77. The number of H-pyrrole nitrogens is 1. The molecule has 6 rings (SSSR count). The Labute approximate surface area is 323 Å². The molecule has 2 aliphatic heterocycles. The van der Waals surface area contributed by atoms with Gasteiger partial charge < -0.3 is 19.4 Å². The van der Waals surface area contributed by atoms with Crippen molar-refractivity contribution in [2.45, 2.75) is 83.2 Å². The van der Waals surface area contributed by atoms with Gasteiger partial charge in [0.1, 0.15) is 34.6 Å². The Bertz CT molecular complexity index is 2230. The Hall–Kier alpha value is -5.96. The van der Waals surface area contributed by atoms with Gasteiger partial charge in [-0.05, 0) is 61.1 Å². The number of aryl methyl sites for hydroxylation is 2. The van der Waals surface area contributed by atoms with Crippen LogP contribution in [0.25, 0.3) is 22.0 Å². The van der Waals surface area contributed by atoms with E-state index in [9.17, 15) is 33.6 Å². The Morgan fingerprint density at radius 1 is 0.857 bits per heavy atom. The Kier molecular flexibility index (Phi) is 12.5. The number of aromatic amines is 1. The summed E-state index contributed by atoms with van der Waals surface area (Å²) in [7, 11) is 4.83. The number of methoxy groups -OCH3 is 2. The first-order valence-corrected chi connectivity index (χ1v) is 18.9. The predicted octanol–water partition coefficient (Wildman–Crippen LogP) is 3.94. The van der Waals surface area contributed by atoms with Gasteiger partial charge in [-0.15, -0.1) is 0 Å². The van der Waals surface area contributed by atoms with Crippen LogP contribution >= 0.6 is 0 Å². The number of Topliss-reactive ketones (excluding diaryl/α,β-unsaturated/α-hetero) is 2. The van der Waals surface area contributed by atoms with Crippen LogP contribution in [0.4, 0.5) is 0 Å². The van der Waals surface area contributed by atoms with Crippen LogP contribution in [0.15, 0.2) is 47.5 Å². The van der Waals surface area contributed by atoms with Crippen LogP contribution in [0.3, 0.4) is 0 Å². The fraction of sp³-hybridized carbons (Fsp3) is 0.415. The molecule has 4 heterocycles. The maximum atomic E-state index is 13.1. The lowest BCUT2D eigenvalue weighted by Gasteiger charge is -2.27. The highest BCUT2D eigenvalue weighted by atomic mass is 16.5. The van der Waals surface area contributed by atoms with Gasteiger partial charge in [0.15, 0.2) is 0 Å². The minimum Gasteiger partial charge on any atom is -0.496 e. The molecular formula is C41H46N6O9. The van der Waals surface area contributed by atoms with Crippen LogP contribution in [-0.2, 0) is 39.2 Å². The smallest absolute Gasteiger partial charge is 0.276 e. The number of amides is 4. The van der Waals surface area contributed by atoms with Gasteiger partial charge in [0, 0.05) is 62.0 Å². The van der Waals surface area contributed by atoms with Gasteiger partial charge in [-0.3, -0.25) is 48.9 Å². The van der Waals surface area contributed by atoms with Crippen LogP contribution < -0.4 is 25.7 Å². The number of ether oxygens (including phenoxy) is 2. The van der Waals surface area contributed by atoms with Crippen molar-refractivity contribution in [3.63, 3.8) is 0 Å². The third kappa shape index (κ3) is 8.62. The summed E-state index contributed by atoms with van der Waals surface area (Å²) in [6.07, 6.45) is 9.36. The second-order valence-corrected chi connectivity index (χ2v) is 14.3. The zero-order valence-electron chi connectivity index (χ0n) is 31.8. The van der Waals surface area contributed by atoms with Crippen molar-refractivity contribution in [2.75, 3.05) is 20.8 Å². The fourth-order valence-electron chi connectivity index (χ4n) is 7.37. The molecule has 1 atom stereocenters. The minimum absolute atomic E-state index is 0.0556. The van der Waals surface area contributed by atoms with Crippen molar-refractivity contribution in [1.29, 1.82) is 0 Å². The van der Waals surface area contributed by atoms with Crippen LogP contribution in [0, 0.1) is 0 Å². The van der Waals surface area contributed by atoms with E-state index in [4.69, 9.17) is 9.47 Å². The summed E-state index contributed by atoms with van der Waals surface area (Å²) in [6.45, 7) is 0.556. The molecule has 0 spiro atoms. The molecule has 1 fully saturated rings. The van der Waals surface area contributed by atoms with E-state index in [1.807, 2.05) is 12.1 Å². The maximum absolute atomic E-state index is 13.1. The Balaban J connectivity index is 0.876. The molecule has 4 amide bonds. The zero-order chi connectivity index (χ0) is 39.9. The number of unbranched alkanes of at least 4 members (excludes halogenated alkanes) is 4. The summed E-state index contributed by atoms with van der Waals surface area (Å²) in [5.41, 5.74) is 3.78. The lowest BCUT2D eigenvalue weighted by molar-refractivity contribution is -0.136. The topological polar surface area (TPSA) is 199 Å². The second-order valence-electron chi connectivity index (χ2n) is 14.3. The number of nitrogens with zero attached hydrogens (tertiary/aromatic N) is 3. The molecule has 15 nitrogen and oxygen atoms in total. The number of piperidine rings is 1. The van der Waals surface area contributed by atoms with E-state index in [0.29, 0.717) is 54.6 Å². The zero-order valence-corrected chi connectivity index (χ0v) is 31.8. The normalized spacial score (nSPS) is 15.3. The van der Waals surface area contributed by atoms with E-state index in [-0.39, 0.29) is 47.6 Å². The number of carbonyl (C=O) groups excluding carboxylic acids is 6. The molecule has 0 bridgehead atoms. The number of hydrogen-bond acceptors (Lipinski definition) is 11. The highest BCUT2D eigenvalue weighted by Crippen LogP contribution is 2.37. The standard InChI is InChI=1S/C41H46N6O9/c1-46-23-32(30-22-43-45-37(30)41(46)54)25-18-34(55-2)31(35(19-25)56-3)21-42-20-27(49)10-8-6-4-5-7-9-26(48)13-11-24-12-14-28-29(17-24)40(53)47(39(28)52)33-15-16-36(50)44-38(33)51/h12,14,17-19,22-23,33,42H,4-11,13,15-16,20-21H2,1-3H3,(H,43,45)(H,44,50,51). The third-order valence-electron chi connectivity index (χ3n) is 10.4. The SMILES string of the molecule is COc1cc(-c2cn(C)c(=O)c3[nH]ncc23)cc(OC)c1CNCC(=O)CCCCCCCC(=O)CCc1ccc2c(c1)C(=O)N(C1CCC(=O)NC1=O)C2=O. The summed E-state index contributed by atoms with van der Waals surface area (Å²) in [4.78, 5) is 88.5. The van der Waals surface area contributed by atoms with E-state index in [1.54, 1.807) is 51.9 Å². The monoisotopic (exact) mass is 766 g/mol. The molecule has 3 N–H and O–H groups in total. The number of fused-ring (bicyclic) bond motifs is 2. The van der Waals surface area contributed by atoms with Crippen LogP contribution in [0.2, 0.25) is 0 Å². The number of ketones is 2. The molecule has 56 heavy (non-hydrogen) atoms. The maximum Gasteiger partial charge on any atom is 0.276 e. The number of rotatable bonds is 19. The number of nitrogens with one attached hydrogen (secondary N) is 3. The number of carbonyl (C=O) groups is 6. The van der Waals surface area contributed by atoms with E-state index in [2.05, 4.69) is 20.8 Å². The first-order chi connectivity index (χ1) is 27.0. The molecule has 2 aliphatic rings. The fourth-order valence-corrected chi connectivity index (χ4v) is 7.37. The quantitative estimate of drug-likeness (QED) is 0.0923. The summed E-state index contributed by atoms with van der Waals surface area (Å²) < 4.78 is 12.9. The number of imide groups is 2. The van der Waals surface area contributed by atoms with Crippen molar-refractivity contribution < 1.29 is 38.2 Å². The van der Waals surface area contributed by atoms with E-state index in [0.717, 1.165) is 59.3 Å². The van der Waals surface area contributed by atoms with Gasteiger partial charge in [0.05, 0.1) is 38.1 Å². The van der Waals surface area contributed by atoms with Crippen molar-refractivity contribution >= 4 is 46.1 Å². The first kappa shape index (κ1) is 39.7. The molecule has 2 aromatic carbocycles. The van der Waals surface area contributed by atoms with Gasteiger partial charge in [-0.2, -0.15) is 5.10 Å². The number of benzene rings is 2. The number of aromatic nitrogens is 3. The van der Waals surface area contributed by atoms with E-state index in [1.165, 1.54) is 4.57 Å². The molecule has 15 heteroatoms. The van der Waals surface area contributed by atoms with Gasteiger partial charge in [0.2, 0.25) is 11.8 Å². The second kappa shape index (κ2) is 17.7. The summed E-state index contributed by atoms with van der Waals surface area (Å²) in [5.74, 6) is -0.813. The van der Waals surface area contributed by atoms with Crippen LogP contribution in [0.5, 0.6) is 11.5 Å². The Morgan fingerprint density at radius 3 is 2.23 bits per heavy atom. The highest BCUT2D eigenvalue weighted by Gasteiger charge is 2.44. The van der Waals surface area contributed by atoms with E-state index < -0.39 is 29.7 Å². The molecule has 0 saturated carbocycles. The highest BCUT2D eigenvalue weighted by molar-refractivity contribution is 6.23. The first-order valence-electron chi connectivity index (χ1n) is 18.9. The Morgan fingerprint density at radius 2 is 1.54 bits per heavy atom. The van der Waals surface area contributed by atoms with Crippen molar-refractivity contribution in [3.8, 4) is 22.6 Å². The summed E-state index contributed by atoms with van der Waals surface area (Å²) in [5, 5.41) is 12.9. The number of pyridine rings is 1. The van der Waals surface area contributed by atoms with Crippen LogP contribution in [0.1, 0.15) is 96.1 Å². The molecule has 4 aromatic rings. The van der Waals surface area contributed by atoms with Crippen molar-refractivity contribution in [3.05, 3.63) is 75.3 Å². The summed E-state index contributed by atoms with van der Waals surface area (Å²) >= 11 is 0. The largest absolute Gasteiger partial charge is 0.496 e. The molecule has 294 valence electrons. The molecule has 2 aromatic heterocycles. The van der Waals surface area contributed by atoms with Crippen molar-refractivity contribution in [1.82, 2.24) is 30.3 Å².